The second-order valence-corrected chi connectivity index (χ2v) is 12.2. The highest BCUT2D eigenvalue weighted by Gasteiger charge is 2.40. The summed E-state index contributed by atoms with van der Waals surface area (Å²) in [6.45, 7) is 12.4. The molecule has 2 amide bonds. The van der Waals surface area contributed by atoms with Crippen LogP contribution in [0.3, 0.4) is 0 Å². The summed E-state index contributed by atoms with van der Waals surface area (Å²) in [5.41, 5.74) is 6.81. The number of ether oxygens (including phenoxy) is 1. The molecular formula is C30H49N3O8. The minimum atomic E-state index is -1.47. The number of primary amides is 1. The van der Waals surface area contributed by atoms with Crippen molar-refractivity contribution in [2.24, 2.45) is 34.8 Å². The van der Waals surface area contributed by atoms with Crippen molar-refractivity contribution in [3.8, 4) is 0 Å². The van der Waals surface area contributed by atoms with Crippen molar-refractivity contribution in [2.75, 3.05) is 19.9 Å². The van der Waals surface area contributed by atoms with E-state index >= 15 is 0 Å². The maximum absolute atomic E-state index is 13.6. The van der Waals surface area contributed by atoms with Gasteiger partial charge < -0.3 is 26.0 Å². The highest BCUT2D eigenvalue weighted by Crippen LogP contribution is 2.29. The molecule has 11 heteroatoms. The highest BCUT2D eigenvalue weighted by molar-refractivity contribution is 5.98. The van der Waals surface area contributed by atoms with E-state index in [9.17, 15) is 29.6 Å². The van der Waals surface area contributed by atoms with E-state index in [1.165, 1.54) is 0 Å². The highest BCUT2D eigenvalue weighted by atomic mass is 16.6. The van der Waals surface area contributed by atoms with Gasteiger partial charge in [-0.05, 0) is 69.1 Å². The quantitative estimate of drug-likeness (QED) is 0.0634. The first-order valence-corrected chi connectivity index (χ1v) is 14.2. The Hall–Kier alpha value is -2.89. The van der Waals surface area contributed by atoms with E-state index in [1.807, 2.05) is 26.8 Å². The fraction of sp³-hybridized carbons (Fsp3) is 0.700. The summed E-state index contributed by atoms with van der Waals surface area (Å²) in [7, 11) is 0. The summed E-state index contributed by atoms with van der Waals surface area (Å²) in [6, 6.07) is 3.90. The second kappa shape index (κ2) is 16.5. The fourth-order valence-corrected chi connectivity index (χ4v) is 4.69. The average Bonchev–Trinajstić information content (AvgIpc) is 2.88. The number of nitrogens with zero attached hydrogens (tertiary/aromatic N) is 1. The number of hydrogen-bond acceptors (Lipinski definition) is 8. The summed E-state index contributed by atoms with van der Waals surface area (Å²) in [5.74, 6) is -3.20. The van der Waals surface area contributed by atoms with E-state index < -0.39 is 46.1 Å². The SMILES string of the molecule is Cc1ccc(C(=O)[C@@H](C[C@@H]([C@@H](O)C[C@H](C(=O)NCC(C)(C)C(N)=O)C(C)C)[N+](=O)[O-])C(C)C)cc1CCCOCO. The fourth-order valence-electron chi connectivity index (χ4n) is 4.69. The molecule has 0 saturated heterocycles. The Morgan fingerprint density at radius 1 is 1.10 bits per heavy atom. The van der Waals surface area contributed by atoms with Gasteiger partial charge in [0.05, 0.1) is 5.41 Å². The summed E-state index contributed by atoms with van der Waals surface area (Å²) in [6.07, 6.45) is -0.520. The number of aliphatic hydroxyl groups is 2. The van der Waals surface area contributed by atoms with Crippen LogP contribution >= 0.6 is 0 Å². The lowest BCUT2D eigenvalue weighted by Crippen LogP contribution is -2.46. The molecule has 11 nitrogen and oxygen atoms in total. The standard InChI is InChI=1S/C30H49N3O8/c1-18(2)23(27(36)22-11-10-20(5)21(13-22)9-8-12-41-17-34)14-25(33(39)40)26(35)15-24(19(3)4)28(37)32-16-30(6,7)29(31)38/h10-11,13,18-19,23-26,34-35H,8-9,12,14-17H2,1-7H3,(H2,31,38)(H,32,37)/t23-,24-,25-,26-/m0/s1. The average molecular weight is 580 g/mol. The summed E-state index contributed by atoms with van der Waals surface area (Å²) >= 11 is 0. The van der Waals surface area contributed by atoms with Gasteiger partial charge in [0.25, 0.3) is 0 Å². The Morgan fingerprint density at radius 3 is 2.22 bits per heavy atom. The molecule has 5 N–H and O–H groups in total. The minimum Gasteiger partial charge on any atom is -0.386 e. The lowest BCUT2D eigenvalue weighted by Gasteiger charge is -2.28. The van der Waals surface area contributed by atoms with Gasteiger partial charge in [0.15, 0.2) is 5.78 Å². The predicted molar refractivity (Wildman–Crippen MR) is 156 cm³/mol. The summed E-state index contributed by atoms with van der Waals surface area (Å²) in [4.78, 5) is 49.8. The van der Waals surface area contributed by atoms with Gasteiger partial charge >= 0.3 is 0 Å². The molecule has 4 atom stereocenters. The Morgan fingerprint density at radius 2 is 1.71 bits per heavy atom. The van der Waals surface area contributed by atoms with Crippen LogP contribution in [0.5, 0.6) is 0 Å². The van der Waals surface area contributed by atoms with Crippen LogP contribution in [-0.4, -0.2) is 64.8 Å². The number of rotatable bonds is 19. The van der Waals surface area contributed by atoms with Crippen molar-refractivity contribution in [1.82, 2.24) is 5.32 Å². The maximum Gasteiger partial charge on any atom is 0.239 e. The van der Waals surface area contributed by atoms with Crippen LogP contribution in [0.2, 0.25) is 0 Å². The van der Waals surface area contributed by atoms with Crippen molar-refractivity contribution in [1.29, 1.82) is 0 Å². The number of hydrogen-bond donors (Lipinski definition) is 4. The number of aryl methyl sites for hydroxylation is 2. The van der Waals surface area contributed by atoms with Crippen LogP contribution in [0.15, 0.2) is 18.2 Å². The molecule has 0 saturated carbocycles. The van der Waals surface area contributed by atoms with Crippen LogP contribution in [-0.2, 0) is 20.7 Å². The van der Waals surface area contributed by atoms with Gasteiger partial charge in [0.2, 0.25) is 17.9 Å². The summed E-state index contributed by atoms with van der Waals surface area (Å²) < 4.78 is 4.98. The minimum absolute atomic E-state index is 0.00390. The van der Waals surface area contributed by atoms with Gasteiger partial charge in [-0.25, -0.2) is 0 Å². The Labute approximate surface area is 243 Å². The number of benzene rings is 1. The number of Topliss-reactive ketones (excluding diaryl/α,β-unsaturated/α-hetero) is 1. The third-order valence-electron chi connectivity index (χ3n) is 7.82. The lowest BCUT2D eigenvalue weighted by molar-refractivity contribution is -0.537. The van der Waals surface area contributed by atoms with Gasteiger partial charge in [-0.2, -0.15) is 0 Å². The molecule has 0 aliphatic carbocycles. The number of aliphatic hydroxyl groups excluding tert-OH is 2. The summed E-state index contributed by atoms with van der Waals surface area (Å²) in [5, 5.41) is 34.7. The molecule has 1 aromatic rings. The first-order chi connectivity index (χ1) is 19.0. The first kappa shape index (κ1) is 36.1. The molecule has 1 rings (SSSR count). The maximum atomic E-state index is 13.6. The van der Waals surface area contributed by atoms with E-state index in [4.69, 9.17) is 15.6 Å². The molecule has 1 aromatic carbocycles. The normalized spacial score (nSPS) is 14.9. The van der Waals surface area contributed by atoms with E-state index in [0.29, 0.717) is 25.0 Å². The third-order valence-corrected chi connectivity index (χ3v) is 7.82. The molecule has 0 radical (unpaired) electrons. The molecule has 0 aliphatic heterocycles. The first-order valence-electron chi connectivity index (χ1n) is 14.2. The van der Waals surface area contributed by atoms with E-state index in [2.05, 4.69) is 5.32 Å². The van der Waals surface area contributed by atoms with Crippen LogP contribution in [0.1, 0.15) is 82.3 Å². The number of nitro groups is 1. The molecule has 0 bridgehead atoms. The predicted octanol–water partition coefficient (Wildman–Crippen LogP) is 3.04. The Bertz CT molecular complexity index is 1040. The Balaban J connectivity index is 3.11. The molecule has 0 unspecified atom stereocenters. The largest absolute Gasteiger partial charge is 0.386 e. The zero-order valence-electron chi connectivity index (χ0n) is 25.5. The number of ketones is 1. The van der Waals surface area contributed by atoms with Crippen molar-refractivity contribution in [2.45, 2.75) is 86.3 Å². The zero-order valence-corrected chi connectivity index (χ0v) is 25.5. The van der Waals surface area contributed by atoms with Gasteiger partial charge in [-0.15, -0.1) is 0 Å². The number of carbonyl (C=O) groups excluding carboxylic acids is 3. The Kier molecular flexibility index (Phi) is 14.6. The van der Waals surface area contributed by atoms with Crippen molar-refractivity contribution in [3.05, 3.63) is 45.0 Å². The lowest BCUT2D eigenvalue weighted by atomic mass is 9.79. The van der Waals surface area contributed by atoms with Gasteiger partial charge in [-0.3, -0.25) is 24.5 Å². The number of nitrogens with two attached hydrogens (primary N) is 1. The van der Waals surface area contributed by atoms with Crippen LogP contribution in [0, 0.1) is 46.1 Å². The molecule has 0 spiro atoms. The van der Waals surface area contributed by atoms with Crippen molar-refractivity contribution < 1.29 is 34.3 Å². The number of carbonyl (C=O) groups is 3. The number of nitrogens with one attached hydrogen (secondary N) is 1. The van der Waals surface area contributed by atoms with Crippen LogP contribution < -0.4 is 11.1 Å². The molecule has 0 aromatic heterocycles. The monoisotopic (exact) mass is 579 g/mol. The molecule has 0 aliphatic rings. The van der Waals surface area contributed by atoms with Gasteiger partial charge in [-0.1, -0.05) is 39.8 Å². The zero-order chi connectivity index (χ0) is 31.5. The molecule has 0 heterocycles. The molecule has 232 valence electrons. The smallest absolute Gasteiger partial charge is 0.239 e. The third kappa shape index (κ3) is 11.1. The molecule has 41 heavy (non-hydrogen) atoms. The van der Waals surface area contributed by atoms with Crippen molar-refractivity contribution >= 4 is 17.6 Å². The molecular weight excluding hydrogens is 530 g/mol. The van der Waals surface area contributed by atoms with E-state index in [1.54, 1.807) is 39.8 Å². The van der Waals surface area contributed by atoms with Crippen molar-refractivity contribution in [3.63, 3.8) is 0 Å². The van der Waals surface area contributed by atoms with Gasteiger partial charge in [0.1, 0.15) is 12.9 Å². The van der Waals surface area contributed by atoms with Gasteiger partial charge in [0, 0.05) is 41.9 Å². The van der Waals surface area contributed by atoms with E-state index in [-0.39, 0.29) is 43.8 Å². The number of amides is 2. The van der Waals surface area contributed by atoms with Crippen LogP contribution in [0.25, 0.3) is 0 Å². The van der Waals surface area contributed by atoms with Crippen LogP contribution in [0.4, 0.5) is 0 Å². The second-order valence-electron chi connectivity index (χ2n) is 12.2. The topological polar surface area (TPSA) is 182 Å². The molecule has 0 fully saturated rings. The van der Waals surface area contributed by atoms with E-state index in [0.717, 1.165) is 11.1 Å².